The van der Waals surface area contributed by atoms with Gasteiger partial charge in [-0.25, -0.2) is 0 Å². The molecule has 3 heteroatoms. The smallest absolute Gasteiger partial charge is 0.312 e. The molecule has 1 aliphatic rings. The average Bonchev–Trinajstić information content (AvgIpc) is 3.25. The quantitative estimate of drug-likeness (QED) is 0.0441. The molecule has 0 aromatic carbocycles. The first-order valence-corrected chi connectivity index (χ1v) is 19.3. The molecule has 0 unspecified atom stereocenters. The molecule has 0 atom stereocenters. The number of ether oxygens (including phenoxy) is 1. The molecule has 242 valence electrons. The van der Waals surface area contributed by atoms with E-state index < -0.39 is 0 Å². The second-order valence-electron chi connectivity index (χ2n) is 13.6. The third-order valence-electron chi connectivity index (χ3n) is 9.64. The van der Waals surface area contributed by atoms with Crippen molar-refractivity contribution >= 4 is 23.2 Å². The third-order valence-corrected chi connectivity index (χ3v) is 10.2. The summed E-state index contributed by atoms with van der Waals surface area (Å²) in [5.41, 5.74) is -0.139. The number of rotatable bonds is 32. The van der Waals surface area contributed by atoms with Crippen LogP contribution in [0.5, 0.6) is 0 Å². The summed E-state index contributed by atoms with van der Waals surface area (Å²) < 4.78 is 5.42. The molecular formula is C38H72O2S. The third kappa shape index (κ3) is 21.8. The largest absolute Gasteiger partial charge is 0.419 e. The molecule has 0 N–H and O–H groups in total. The van der Waals surface area contributed by atoms with Gasteiger partial charge in [0, 0.05) is 5.41 Å². The second kappa shape index (κ2) is 28.3. The van der Waals surface area contributed by atoms with E-state index in [1.54, 1.807) is 0 Å². The van der Waals surface area contributed by atoms with E-state index in [1.165, 1.54) is 193 Å². The molecule has 41 heavy (non-hydrogen) atoms. The van der Waals surface area contributed by atoms with E-state index in [1.807, 2.05) is 0 Å². The Hall–Kier alpha value is -0.440. The molecular weight excluding hydrogens is 520 g/mol. The fourth-order valence-corrected chi connectivity index (χ4v) is 7.14. The van der Waals surface area contributed by atoms with Crippen LogP contribution in [0, 0.1) is 5.41 Å². The summed E-state index contributed by atoms with van der Waals surface area (Å²) in [6.45, 7) is 4.59. The van der Waals surface area contributed by atoms with Crippen molar-refractivity contribution in [1.82, 2.24) is 0 Å². The normalized spacial score (nSPS) is 14.7. The number of carbonyl (C=O) groups is 1. The summed E-state index contributed by atoms with van der Waals surface area (Å²) in [4.78, 5) is 12.1. The van der Waals surface area contributed by atoms with Crippen molar-refractivity contribution in [3.63, 3.8) is 0 Å². The predicted octanol–water partition coefficient (Wildman–Crippen LogP) is 13.8. The summed E-state index contributed by atoms with van der Waals surface area (Å²) in [5, 5.41) is 0.609. The molecule has 0 amide bonds. The Morgan fingerprint density at radius 2 is 0.707 bits per heavy atom. The zero-order valence-electron chi connectivity index (χ0n) is 28.1. The maximum absolute atomic E-state index is 12.1. The minimum atomic E-state index is -0.139. The minimum Gasteiger partial charge on any atom is -0.419 e. The number of hydrogen-bond acceptors (Lipinski definition) is 3. The molecule has 1 rings (SSSR count). The molecule has 0 aromatic rings. The van der Waals surface area contributed by atoms with Crippen LogP contribution in [0.1, 0.15) is 226 Å². The van der Waals surface area contributed by atoms with Gasteiger partial charge in [0.1, 0.15) is 0 Å². The van der Waals surface area contributed by atoms with E-state index in [4.69, 9.17) is 17.0 Å². The van der Waals surface area contributed by atoms with Crippen molar-refractivity contribution < 1.29 is 9.53 Å². The van der Waals surface area contributed by atoms with E-state index in [0.29, 0.717) is 11.5 Å². The maximum atomic E-state index is 12.1. The van der Waals surface area contributed by atoms with Crippen molar-refractivity contribution in [3.8, 4) is 0 Å². The van der Waals surface area contributed by atoms with Crippen molar-refractivity contribution in [3.05, 3.63) is 0 Å². The Labute approximate surface area is 263 Å². The molecule has 1 fully saturated rings. The summed E-state index contributed by atoms with van der Waals surface area (Å²) in [7, 11) is 0. The van der Waals surface area contributed by atoms with Crippen LogP contribution in [0.15, 0.2) is 0 Å². The van der Waals surface area contributed by atoms with E-state index in [9.17, 15) is 4.79 Å². The van der Waals surface area contributed by atoms with Crippen LogP contribution in [0.4, 0.5) is 0 Å². The van der Waals surface area contributed by atoms with Crippen molar-refractivity contribution in [2.24, 2.45) is 5.41 Å². The SMILES string of the molecule is CCCCCCCCCCCCCCCCCC1(CCCCCCCCCCCCCCCCC)CC(=O)OC1=S. The van der Waals surface area contributed by atoms with Crippen LogP contribution in [0.3, 0.4) is 0 Å². The Bertz CT molecular complexity index is 567. The Kier molecular flexibility index (Phi) is 26.7. The lowest BCUT2D eigenvalue weighted by Crippen LogP contribution is -2.25. The lowest BCUT2D eigenvalue weighted by Gasteiger charge is -2.26. The standard InChI is InChI=1S/C38H72O2S/c1-3-5-7-9-11-13-15-17-19-21-23-25-27-29-31-33-38(35-36(39)40-37(38)41)34-32-30-28-26-24-22-20-18-16-14-12-10-8-6-4-2/h3-35H2,1-2H3. The average molecular weight is 593 g/mol. The van der Waals surface area contributed by atoms with E-state index in [-0.39, 0.29) is 11.4 Å². The van der Waals surface area contributed by atoms with Crippen LogP contribution in [-0.2, 0) is 9.53 Å². The zero-order chi connectivity index (χ0) is 29.7. The Morgan fingerprint density at radius 1 is 0.463 bits per heavy atom. The number of hydrogen-bond donors (Lipinski definition) is 0. The van der Waals surface area contributed by atoms with Gasteiger partial charge in [0.05, 0.1) is 6.42 Å². The first kappa shape index (κ1) is 38.6. The van der Waals surface area contributed by atoms with E-state index >= 15 is 0 Å². The van der Waals surface area contributed by atoms with Crippen LogP contribution >= 0.6 is 12.2 Å². The van der Waals surface area contributed by atoms with Crippen LogP contribution < -0.4 is 0 Å². The van der Waals surface area contributed by atoms with Crippen LogP contribution in [0.25, 0.3) is 0 Å². The second-order valence-corrected chi connectivity index (χ2v) is 14.0. The zero-order valence-corrected chi connectivity index (χ0v) is 28.9. The highest BCUT2D eigenvalue weighted by Crippen LogP contribution is 2.42. The number of cyclic esters (lactones) is 1. The van der Waals surface area contributed by atoms with Gasteiger partial charge >= 0.3 is 5.97 Å². The highest BCUT2D eigenvalue weighted by molar-refractivity contribution is 7.80. The highest BCUT2D eigenvalue weighted by atomic mass is 32.1. The van der Waals surface area contributed by atoms with E-state index in [2.05, 4.69) is 13.8 Å². The van der Waals surface area contributed by atoms with Gasteiger partial charge in [-0.05, 0) is 25.1 Å². The minimum absolute atomic E-state index is 0.0862. The number of thiocarbonyl (C=S) groups is 1. The van der Waals surface area contributed by atoms with Crippen LogP contribution in [-0.4, -0.2) is 11.0 Å². The van der Waals surface area contributed by atoms with Gasteiger partial charge in [-0.15, -0.1) is 0 Å². The van der Waals surface area contributed by atoms with E-state index in [0.717, 1.165) is 12.8 Å². The van der Waals surface area contributed by atoms with Gasteiger partial charge in [0.25, 0.3) is 0 Å². The van der Waals surface area contributed by atoms with Crippen molar-refractivity contribution in [1.29, 1.82) is 0 Å². The topological polar surface area (TPSA) is 26.3 Å². The molecule has 2 nitrogen and oxygen atoms in total. The molecule has 0 bridgehead atoms. The first-order valence-electron chi connectivity index (χ1n) is 18.9. The monoisotopic (exact) mass is 593 g/mol. The van der Waals surface area contributed by atoms with Gasteiger partial charge in [-0.2, -0.15) is 0 Å². The predicted molar refractivity (Wildman–Crippen MR) is 185 cm³/mol. The molecule has 1 heterocycles. The van der Waals surface area contributed by atoms with Crippen LogP contribution in [0.2, 0.25) is 0 Å². The molecule has 1 aliphatic heterocycles. The number of unbranched alkanes of at least 4 members (excludes halogenated alkanes) is 28. The van der Waals surface area contributed by atoms with Gasteiger partial charge in [0.2, 0.25) is 0 Å². The molecule has 0 aliphatic carbocycles. The fraction of sp³-hybridized carbons (Fsp3) is 0.947. The number of esters is 1. The Balaban J connectivity index is 1.99. The molecule has 0 spiro atoms. The van der Waals surface area contributed by atoms with Crippen molar-refractivity contribution in [2.75, 3.05) is 0 Å². The fourth-order valence-electron chi connectivity index (χ4n) is 6.77. The lowest BCUT2D eigenvalue weighted by molar-refractivity contribution is -0.133. The van der Waals surface area contributed by atoms with Gasteiger partial charge in [0.15, 0.2) is 5.05 Å². The van der Waals surface area contributed by atoms with Gasteiger partial charge < -0.3 is 4.74 Å². The highest BCUT2D eigenvalue weighted by Gasteiger charge is 2.44. The van der Waals surface area contributed by atoms with Gasteiger partial charge in [-0.3, -0.25) is 4.79 Å². The lowest BCUT2D eigenvalue weighted by atomic mass is 9.77. The summed E-state index contributed by atoms with van der Waals surface area (Å²) in [5.74, 6) is -0.0862. The van der Waals surface area contributed by atoms with Crippen molar-refractivity contribution in [2.45, 2.75) is 226 Å². The summed E-state index contributed by atoms with van der Waals surface area (Å²) in [6.07, 6.45) is 44.2. The number of carbonyl (C=O) groups excluding carboxylic acids is 1. The molecule has 0 radical (unpaired) electrons. The maximum Gasteiger partial charge on any atom is 0.312 e. The Morgan fingerprint density at radius 3 is 0.927 bits per heavy atom. The summed E-state index contributed by atoms with van der Waals surface area (Å²) in [6, 6.07) is 0. The summed E-state index contributed by atoms with van der Waals surface area (Å²) >= 11 is 5.60. The van der Waals surface area contributed by atoms with Gasteiger partial charge in [-0.1, -0.05) is 206 Å². The molecule has 0 saturated carbocycles. The molecule has 1 saturated heterocycles. The first-order chi connectivity index (χ1) is 20.1. The molecule has 0 aromatic heterocycles.